The van der Waals surface area contributed by atoms with Crippen molar-refractivity contribution in [3.8, 4) is 0 Å². The van der Waals surface area contributed by atoms with E-state index in [1.165, 1.54) is 0 Å². The first-order valence-corrected chi connectivity index (χ1v) is 7.81. The monoisotopic (exact) mass is 329 g/mol. The van der Waals surface area contributed by atoms with Gasteiger partial charge in [-0.2, -0.15) is 0 Å². The van der Waals surface area contributed by atoms with Gasteiger partial charge in [-0.3, -0.25) is 9.69 Å². The van der Waals surface area contributed by atoms with Crippen molar-refractivity contribution in [3.05, 3.63) is 33.8 Å². The van der Waals surface area contributed by atoms with Crippen LogP contribution in [-0.4, -0.2) is 42.7 Å². The number of rotatable bonds is 2. The van der Waals surface area contributed by atoms with Gasteiger partial charge in [-0.1, -0.05) is 29.3 Å². The molecular weight excluding hydrogens is 313 g/mol. The van der Waals surface area contributed by atoms with Crippen LogP contribution in [-0.2, 0) is 14.3 Å². The first kappa shape index (κ1) is 15.1. The number of cyclic esters (lactones) is 1. The average Bonchev–Trinajstić information content (AvgIpc) is 2.81. The fourth-order valence-corrected chi connectivity index (χ4v) is 3.21. The summed E-state index contributed by atoms with van der Waals surface area (Å²) in [6.07, 6.45) is 0.637. The molecule has 2 saturated heterocycles. The zero-order valence-corrected chi connectivity index (χ0v) is 13.2. The Kier molecular flexibility index (Phi) is 4.41. The zero-order valence-electron chi connectivity index (χ0n) is 11.7. The molecule has 0 radical (unpaired) electrons. The lowest BCUT2D eigenvalue weighted by atomic mass is 10.1. The molecular formula is C15H17Cl2NO3. The molecule has 1 aromatic rings. The SMILES string of the molecule is C[C@@H]1C[C@@H](N2CCO[C@H](c3ccc(Cl)c(Cl)c3)C2)C(=O)O1. The minimum Gasteiger partial charge on any atom is -0.461 e. The van der Waals surface area contributed by atoms with E-state index in [1.54, 1.807) is 6.07 Å². The average molecular weight is 330 g/mol. The first-order chi connectivity index (χ1) is 10.0. The largest absolute Gasteiger partial charge is 0.461 e. The molecule has 21 heavy (non-hydrogen) atoms. The molecule has 0 aliphatic carbocycles. The number of ether oxygens (including phenoxy) is 2. The Morgan fingerprint density at radius 3 is 2.76 bits per heavy atom. The molecule has 0 aromatic heterocycles. The molecule has 0 spiro atoms. The maximum Gasteiger partial charge on any atom is 0.323 e. The summed E-state index contributed by atoms with van der Waals surface area (Å²) in [7, 11) is 0. The van der Waals surface area contributed by atoms with E-state index in [0.717, 1.165) is 18.5 Å². The van der Waals surface area contributed by atoms with E-state index >= 15 is 0 Å². The van der Waals surface area contributed by atoms with E-state index in [-0.39, 0.29) is 24.2 Å². The van der Waals surface area contributed by atoms with Gasteiger partial charge in [-0.25, -0.2) is 0 Å². The maximum absolute atomic E-state index is 11.9. The van der Waals surface area contributed by atoms with Crippen LogP contribution in [0.3, 0.4) is 0 Å². The molecule has 0 unspecified atom stereocenters. The second-order valence-electron chi connectivity index (χ2n) is 5.53. The Morgan fingerprint density at radius 1 is 1.29 bits per heavy atom. The Balaban J connectivity index is 1.73. The van der Waals surface area contributed by atoms with E-state index in [0.29, 0.717) is 23.2 Å². The summed E-state index contributed by atoms with van der Waals surface area (Å²) >= 11 is 12.0. The molecule has 0 saturated carbocycles. The smallest absolute Gasteiger partial charge is 0.323 e. The van der Waals surface area contributed by atoms with Crippen LogP contribution in [0.5, 0.6) is 0 Å². The summed E-state index contributed by atoms with van der Waals surface area (Å²) in [6.45, 7) is 3.91. The number of hydrogen-bond donors (Lipinski definition) is 0. The molecule has 0 bridgehead atoms. The van der Waals surface area contributed by atoms with Crippen LogP contribution in [0.15, 0.2) is 18.2 Å². The molecule has 3 rings (SSSR count). The summed E-state index contributed by atoms with van der Waals surface area (Å²) in [6, 6.07) is 5.35. The fourth-order valence-electron chi connectivity index (χ4n) is 2.90. The van der Waals surface area contributed by atoms with Crippen molar-refractivity contribution in [2.75, 3.05) is 19.7 Å². The summed E-state index contributed by atoms with van der Waals surface area (Å²) in [5.74, 6) is -0.128. The highest BCUT2D eigenvalue weighted by Gasteiger charge is 2.38. The number of carbonyl (C=O) groups is 1. The third-order valence-corrected chi connectivity index (χ3v) is 4.74. The highest BCUT2D eigenvalue weighted by atomic mass is 35.5. The van der Waals surface area contributed by atoms with Crippen LogP contribution in [0.2, 0.25) is 10.0 Å². The summed E-state index contributed by atoms with van der Waals surface area (Å²) in [5.41, 5.74) is 0.980. The second kappa shape index (κ2) is 6.13. The van der Waals surface area contributed by atoms with Crippen molar-refractivity contribution < 1.29 is 14.3 Å². The number of nitrogens with zero attached hydrogens (tertiary/aromatic N) is 1. The van der Waals surface area contributed by atoms with Gasteiger partial charge in [0.25, 0.3) is 0 Å². The van der Waals surface area contributed by atoms with E-state index in [9.17, 15) is 4.79 Å². The number of morpholine rings is 1. The molecule has 2 heterocycles. The van der Waals surface area contributed by atoms with Crippen LogP contribution in [0, 0.1) is 0 Å². The minimum atomic E-state index is -0.158. The van der Waals surface area contributed by atoms with Gasteiger partial charge in [-0.05, 0) is 24.6 Å². The molecule has 3 atom stereocenters. The van der Waals surface area contributed by atoms with Gasteiger partial charge in [0.05, 0.1) is 22.8 Å². The summed E-state index contributed by atoms with van der Waals surface area (Å²) in [4.78, 5) is 14.0. The Hall–Kier alpha value is -0.810. The number of halogens is 2. The van der Waals surface area contributed by atoms with Gasteiger partial charge < -0.3 is 9.47 Å². The molecule has 2 aliphatic heterocycles. The van der Waals surface area contributed by atoms with Crippen LogP contribution in [0.25, 0.3) is 0 Å². The molecule has 4 nitrogen and oxygen atoms in total. The van der Waals surface area contributed by atoms with Crippen molar-refractivity contribution in [1.82, 2.24) is 4.90 Å². The highest BCUT2D eigenvalue weighted by Crippen LogP contribution is 2.31. The van der Waals surface area contributed by atoms with Crippen LogP contribution >= 0.6 is 23.2 Å². The topological polar surface area (TPSA) is 38.8 Å². The van der Waals surface area contributed by atoms with E-state index in [2.05, 4.69) is 4.90 Å². The standard InChI is InChI=1S/C15H17Cl2NO3/c1-9-6-13(15(19)21-9)18-4-5-20-14(8-18)10-2-3-11(16)12(17)7-10/h2-3,7,9,13-14H,4-6,8H2,1H3/t9-,13-,14+/m1/s1. The van der Waals surface area contributed by atoms with E-state index in [1.807, 2.05) is 19.1 Å². The highest BCUT2D eigenvalue weighted by molar-refractivity contribution is 6.42. The predicted molar refractivity (Wildman–Crippen MR) is 80.7 cm³/mol. The van der Waals surface area contributed by atoms with Gasteiger partial charge in [-0.15, -0.1) is 0 Å². The zero-order chi connectivity index (χ0) is 15.0. The molecule has 2 fully saturated rings. The van der Waals surface area contributed by atoms with Crippen LogP contribution in [0.1, 0.15) is 25.0 Å². The normalized spacial score (nSPS) is 30.4. The predicted octanol–water partition coefficient (Wildman–Crippen LogP) is 3.07. The van der Waals surface area contributed by atoms with Gasteiger partial charge in [0.1, 0.15) is 12.1 Å². The Morgan fingerprint density at radius 2 is 2.10 bits per heavy atom. The quantitative estimate of drug-likeness (QED) is 0.781. The van der Waals surface area contributed by atoms with E-state index in [4.69, 9.17) is 32.7 Å². The lowest BCUT2D eigenvalue weighted by Crippen LogP contribution is -2.46. The number of carbonyl (C=O) groups excluding carboxylic acids is 1. The Labute approximate surface area is 133 Å². The number of esters is 1. The third-order valence-electron chi connectivity index (χ3n) is 4.00. The van der Waals surface area contributed by atoms with Crippen LogP contribution in [0.4, 0.5) is 0 Å². The van der Waals surface area contributed by atoms with E-state index < -0.39 is 0 Å². The molecule has 0 amide bonds. The third kappa shape index (κ3) is 3.19. The van der Waals surface area contributed by atoms with Gasteiger partial charge >= 0.3 is 5.97 Å². The second-order valence-corrected chi connectivity index (χ2v) is 6.34. The fraction of sp³-hybridized carbons (Fsp3) is 0.533. The lowest BCUT2D eigenvalue weighted by Gasteiger charge is -2.35. The number of benzene rings is 1. The van der Waals surface area contributed by atoms with Gasteiger partial charge in [0, 0.05) is 19.5 Å². The van der Waals surface area contributed by atoms with Crippen molar-refractivity contribution in [3.63, 3.8) is 0 Å². The molecule has 1 aromatic carbocycles. The first-order valence-electron chi connectivity index (χ1n) is 7.05. The number of hydrogen-bond acceptors (Lipinski definition) is 4. The van der Waals surface area contributed by atoms with Crippen molar-refractivity contribution in [2.24, 2.45) is 0 Å². The van der Waals surface area contributed by atoms with Crippen molar-refractivity contribution in [2.45, 2.75) is 31.6 Å². The van der Waals surface area contributed by atoms with Crippen LogP contribution < -0.4 is 0 Å². The molecule has 0 N–H and O–H groups in total. The van der Waals surface area contributed by atoms with Gasteiger partial charge in [0.15, 0.2) is 0 Å². The molecule has 114 valence electrons. The van der Waals surface area contributed by atoms with Crippen molar-refractivity contribution >= 4 is 29.2 Å². The Bertz CT molecular complexity index is 552. The summed E-state index contributed by atoms with van der Waals surface area (Å²) < 4.78 is 11.1. The molecule has 2 aliphatic rings. The minimum absolute atomic E-state index is 0.00577. The summed E-state index contributed by atoms with van der Waals surface area (Å²) in [5, 5.41) is 1.05. The maximum atomic E-state index is 11.9. The lowest BCUT2D eigenvalue weighted by molar-refractivity contribution is -0.147. The van der Waals surface area contributed by atoms with Crippen molar-refractivity contribution in [1.29, 1.82) is 0 Å². The molecule has 6 heteroatoms. The van der Waals surface area contributed by atoms with Gasteiger partial charge in [0.2, 0.25) is 0 Å².